The van der Waals surface area contributed by atoms with Gasteiger partial charge in [-0.05, 0) is 53.8 Å². The third-order valence-electron chi connectivity index (χ3n) is 5.29. The number of terminal acetylenes is 1. The van der Waals surface area contributed by atoms with Gasteiger partial charge in [-0.3, -0.25) is 10.1 Å². The number of anilines is 1. The molecule has 1 amide bonds. The molecule has 30 heavy (non-hydrogen) atoms. The molecule has 1 atom stereocenters. The molecule has 0 aromatic heterocycles. The van der Waals surface area contributed by atoms with E-state index in [2.05, 4.69) is 22.6 Å². The largest absolute Gasteiger partial charge is 0.493 e. The number of rotatable bonds is 7. The number of benzene rings is 2. The Morgan fingerprint density at radius 3 is 2.83 bits per heavy atom. The first kappa shape index (κ1) is 21.9. The maximum absolute atomic E-state index is 14.3. The van der Waals surface area contributed by atoms with E-state index in [4.69, 9.17) is 11.2 Å². The molecule has 2 aromatic rings. The highest BCUT2D eigenvalue weighted by molar-refractivity contribution is 5.94. The molecule has 0 aliphatic heterocycles. The summed E-state index contributed by atoms with van der Waals surface area (Å²) in [5.41, 5.74) is 3.01. The van der Waals surface area contributed by atoms with Crippen LogP contribution in [0.1, 0.15) is 49.9 Å². The van der Waals surface area contributed by atoms with Gasteiger partial charge in [0.1, 0.15) is 11.6 Å². The van der Waals surface area contributed by atoms with Crippen LogP contribution in [-0.2, 0) is 17.6 Å². The third-order valence-corrected chi connectivity index (χ3v) is 5.29. The minimum Gasteiger partial charge on any atom is -0.493 e. The first-order chi connectivity index (χ1) is 14.3. The van der Waals surface area contributed by atoms with Crippen molar-refractivity contribution in [2.24, 2.45) is 5.41 Å². The maximum Gasteiger partial charge on any atom is 0.229 e. The van der Waals surface area contributed by atoms with E-state index in [-0.39, 0.29) is 17.8 Å². The quantitative estimate of drug-likeness (QED) is 0.656. The van der Waals surface area contributed by atoms with Crippen LogP contribution in [0.3, 0.4) is 0 Å². The first-order valence-electron chi connectivity index (χ1n) is 10.3. The normalized spacial score (nSPS) is 15.4. The molecule has 0 bridgehead atoms. The first-order valence-corrected chi connectivity index (χ1v) is 10.3. The summed E-state index contributed by atoms with van der Waals surface area (Å²) in [5, 5.41) is 6.21. The molecule has 1 unspecified atom stereocenters. The van der Waals surface area contributed by atoms with Crippen LogP contribution in [0, 0.1) is 23.6 Å². The van der Waals surface area contributed by atoms with Gasteiger partial charge < -0.3 is 10.1 Å². The lowest BCUT2D eigenvalue weighted by Crippen LogP contribution is -2.27. The van der Waals surface area contributed by atoms with Crippen LogP contribution < -0.4 is 15.4 Å². The van der Waals surface area contributed by atoms with Crippen molar-refractivity contribution >= 4 is 11.6 Å². The topological polar surface area (TPSA) is 50.4 Å². The summed E-state index contributed by atoms with van der Waals surface area (Å²) in [4.78, 5) is 12.2. The average Bonchev–Trinajstić information content (AvgIpc) is 3.12. The summed E-state index contributed by atoms with van der Waals surface area (Å²) in [6, 6.07) is 10.9. The molecule has 5 heteroatoms. The van der Waals surface area contributed by atoms with Crippen molar-refractivity contribution in [2.45, 2.75) is 46.1 Å². The standard InChI is InChI=1S/C25H29FN2O2/c1-5-14-27-22-12-10-20-19(22)7-6-8-23(20)30-15-13-17-16-18(9-11-21(17)26)28-24(29)25(2,3)4/h1,6-9,11,16,22,27H,10,12-15H2,2-4H3,(H,28,29). The number of carbonyl (C=O) groups excluding carboxylic acids is 1. The Hall–Kier alpha value is -2.84. The van der Waals surface area contributed by atoms with Crippen LogP contribution in [0.25, 0.3) is 0 Å². The summed E-state index contributed by atoms with van der Waals surface area (Å²) in [5.74, 6) is 3.05. The molecule has 0 fully saturated rings. The minimum atomic E-state index is -0.516. The van der Waals surface area contributed by atoms with Crippen molar-refractivity contribution in [2.75, 3.05) is 18.5 Å². The van der Waals surface area contributed by atoms with E-state index in [1.54, 1.807) is 12.1 Å². The lowest BCUT2D eigenvalue weighted by atomic mass is 9.95. The van der Waals surface area contributed by atoms with E-state index in [1.807, 2.05) is 32.9 Å². The Morgan fingerprint density at radius 2 is 2.10 bits per heavy atom. The van der Waals surface area contributed by atoms with E-state index < -0.39 is 5.41 Å². The number of hydrogen-bond donors (Lipinski definition) is 2. The van der Waals surface area contributed by atoms with Gasteiger partial charge in [0.15, 0.2) is 0 Å². The van der Waals surface area contributed by atoms with E-state index in [0.717, 1.165) is 18.6 Å². The number of hydrogen-bond acceptors (Lipinski definition) is 3. The van der Waals surface area contributed by atoms with Crippen molar-refractivity contribution in [3.05, 3.63) is 58.9 Å². The molecule has 3 rings (SSSR count). The zero-order valence-electron chi connectivity index (χ0n) is 17.8. The monoisotopic (exact) mass is 408 g/mol. The molecule has 2 aromatic carbocycles. The van der Waals surface area contributed by atoms with Gasteiger partial charge in [-0.2, -0.15) is 0 Å². The second kappa shape index (κ2) is 9.32. The van der Waals surface area contributed by atoms with Gasteiger partial charge in [0.05, 0.1) is 13.2 Å². The van der Waals surface area contributed by atoms with Gasteiger partial charge in [0.2, 0.25) is 5.91 Å². The third kappa shape index (κ3) is 5.20. The Labute approximate surface area is 178 Å². The molecule has 1 aliphatic carbocycles. The number of fused-ring (bicyclic) bond motifs is 1. The van der Waals surface area contributed by atoms with Crippen LogP contribution in [-0.4, -0.2) is 19.1 Å². The van der Waals surface area contributed by atoms with Gasteiger partial charge in [-0.25, -0.2) is 4.39 Å². The number of ether oxygens (including phenoxy) is 1. The van der Waals surface area contributed by atoms with Crippen molar-refractivity contribution in [1.82, 2.24) is 5.32 Å². The zero-order chi connectivity index (χ0) is 21.7. The van der Waals surface area contributed by atoms with Gasteiger partial charge in [-0.1, -0.05) is 38.8 Å². The number of nitrogens with one attached hydrogen (secondary N) is 2. The van der Waals surface area contributed by atoms with Gasteiger partial charge in [0, 0.05) is 23.6 Å². The molecule has 0 heterocycles. The van der Waals surface area contributed by atoms with Gasteiger partial charge in [-0.15, -0.1) is 6.42 Å². The molecule has 158 valence electrons. The van der Waals surface area contributed by atoms with Crippen LogP contribution in [0.2, 0.25) is 0 Å². The minimum absolute atomic E-state index is 0.107. The Balaban J connectivity index is 1.64. The lowest BCUT2D eigenvalue weighted by Gasteiger charge is -2.18. The van der Waals surface area contributed by atoms with E-state index >= 15 is 0 Å². The van der Waals surface area contributed by atoms with Crippen molar-refractivity contribution in [3.63, 3.8) is 0 Å². The maximum atomic E-state index is 14.3. The van der Waals surface area contributed by atoms with Gasteiger partial charge in [0.25, 0.3) is 0 Å². The second-order valence-electron chi connectivity index (χ2n) is 8.61. The summed E-state index contributed by atoms with van der Waals surface area (Å²) >= 11 is 0. The number of amides is 1. The highest BCUT2D eigenvalue weighted by atomic mass is 19.1. The Bertz CT molecular complexity index is 957. The molecule has 0 spiro atoms. The molecule has 2 N–H and O–H groups in total. The van der Waals surface area contributed by atoms with Crippen LogP contribution in [0.15, 0.2) is 36.4 Å². The summed E-state index contributed by atoms with van der Waals surface area (Å²) in [6.45, 7) is 6.41. The van der Waals surface area contributed by atoms with E-state index in [9.17, 15) is 9.18 Å². The molecule has 0 radical (unpaired) electrons. The van der Waals surface area contributed by atoms with Crippen molar-refractivity contribution in [3.8, 4) is 18.1 Å². The fourth-order valence-corrected chi connectivity index (χ4v) is 3.58. The second-order valence-corrected chi connectivity index (χ2v) is 8.61. The molecular formula is C25H29FN2O2. The van der Waals surface area contributed by atoms with Crippen LogP contribution in [0.4, 0.5) is 10.1 Å². The Morgan fingerprint density at radius 1 is 1.30 bits per heavy atom. The van der Waals surface area contributed by atoms with E-state index in [1.165, 1.54) is 17.2 Å². The zero-order valence-corrected chi connectivity index (χ0v) is 17.8. The molecule has 1 aliphatic rings. The molecule has 0 saturated heterocycles. The predicted octanol–water partition coefficient (Wildman–Crippen LogP) is 4.64. The number of carbonyl (C=O) groups is 1. The SMILES string of the molecule is C#CCNC1CCc2c(OCCc3cc(NC(=O)C(C)(C)C)ccc3F)cccc21. The van der Waals surface area contributed by atoms with Crippen LogP contribution >= 0.6 is 0 Å². The van der Waals surface area contributed by atoms with Crippen LogP contribution in [0.5, 0.6) is 5.75 Å². The molecule has 0 saturated carbocycles. The average molecular weight is 409 g/mol. The fraction of sp³-hybridized carbons (Fsp3) is 0.400. The smallest absolute Gasteiger partial charge is 0.229 e. The highest BCUT2D eigenvalue weighted by Gasteiger charge is 2.25. The number of halogens is 1. The highest BCUT2D eigenvalue weighted by Crippen LogP contribution is 2.37. The van der Waals surface area contributed by atoms with Gasteiger partial charge >= 0.3 is 0 Å². The molecule has 4 nitrogen and oxygen atoms in total. The summed E-state index contributed by atoms with van der Waals surface area (Å²) in [7, 11) is 0. The van der Waals surface area contributed by atoms with E-state index in [0.29, 0.717) is 30.8 Å². The molecular weight excluding hydrogens is 379 g/mol. The summed E-state index contributed by atoms with van der Waals surface area (Å²) < 4.78 is 20.3. The Kier molecular flexibility index (Phi) is 6.79. The lowest BCUT2D eigenvalue weighted by molar-refractivity contribution is -0.123. The van der Waals surface area contributed by atoms with Crippen molar-refractivity contribution in [1.29, 1.82) is 0 Å². The summed E-state index contributed by atoms with van der Waals surface area (Å²) in [6.07, 6.45) is 7.68. The predicted molar refractivity (Wildman–Crippen MR) is 118 cm³/mol. The fourth-order valence-electron chi connectivity index (χ4n) is 3.58. The van der Waals surface area contributed by atoms with Crippen molar-refractivity contribution < 1.29 is 13.9 Å².